The van der Waals surface area contributed by atoms with E-state index in [-0.39, 0.29) is 44.9 Å². The Kier molecular flexibility index (Phi) is 13.0. The van der Waals surface area contributed by atoms with E-state index in [1.165, 1.54) is 22.1 Å². The molecule has 1 aromatic carbocycles. The van der Waals surface area contributed by atoms with E-state index in [4.69, 9.17) is 18.0 Å². The number of allylic oxidation sites excluding steroid dienone is 1. The largest absolute Gasteiger partial charge is 0.474 e. The van der Waals surface area contributed by atoms with Crippen LogP contribution in [0.15, 0.2) is 52.7 Å². The fourth-order valence-electron chi connectivity index (χ4n) is 6.88. The van der Waals surface area contributed by atoms with E-state index in [1.807, 2.05) is 12.3 Å². The zero-order chi connectivity index (χ0) is 38.2. The maximum atomic E-state index is 15.0. The Hall–Kier alpha value is -1.56. The highest BCUT2D eigenvalue weighted by Gasteiger charge is 2.55. The number of Topliss-reactive ketones (excluding diaryl/α,β-unsaturated/α-hetero) is 1. The van der Waals surface area contributed by atoms with Gasteiger partial charge in [0, 0.05) is 24.5 Å². The van der Waals surface area contributed by atoms with Crippen molar-refractivity contribution in [2.24, 2.45) is 5.92 Å². The molecular formula is C43H72O5Si3. The maximum absolute atomic E-state index is 15.0. The monoisotopic (exact) mass is 752 g/mol. The fourth-order valence-corrected chi connectivity index (χ4v) is 11.6. The highest BCUT2D eigenvalue weighted by molar-refractivity contribution is 6.91. The fraction of sp³-hybridized carbons (Fsp3) is 0.698. The van der Waals surface area contributed by atoms with Crippen LogP contribution >= 0.6 is 0 Å². The van der Waals surface area contributed by atoms with Crippen LogP contribution in [0.5, 0.6) is 0 Å². The molecule has 5 nitrogen and oxygen atoms in total. The summed E-state index contributed by atoms with van der Waals surface area (Å²) in [5.41, 5.74) is 4.70. The highest BCUT2D eigenvalue weighted by atomic mass is 28.4. The normalized spacial score (nSPS) is 22.1. The van der Waals surface area contributed by atoms with Crippen LogP contribution in [0.3, 0.4) is 0 Å². The molecule has 0 saturated carbocycles. The summed E-state index contributed by atoms with van der Waals surface area (Å²) in [5.74, 6) is -0.126. The van der Waals surface area contributed by atoms with Crippen LogP contribution in [0.1, 0.15) is 117 Å². The second-order valence-electron chi connectivity index (χ2n) is 20.1. The molecule has 0 saturated heterocycles. The third-order valence-electron chi connectivity index (χ3n) is 13.3. The standard InChI is InChI=1S/C43H72O5Si3/c1-41(2,3)49(10,11)40-34-28-36(47-50(12,13)42(4,5)6)37-38(44)32(25-21-16-17-22-26-45-29-31-23-19-18-20-24-31)27-33(35(34)30-46-40)39(37)48-51(14,15)43(7,8)9/h18-20,23-24,27,30,33,36-37,39H,16-17,21-22,25-26,28-29H2,1-15H3/t33-,36+,37-,39+/m0/s1. The van der Waals surface area contributed by atoms with Crippen LogP contribution in [0.2, 0.25) is 54.4 Å². The van der Waals surface area contributed by atoms with Crippen LogP contribution in [0.4, 0.5) is 0 Å². The number of unbranched alkanes of at least 4 members (excludes halogenated alkanes) is 3. The summed E-state index contributed by atoms with van der Waals surface area (Å²) in [6, 6.07) is 10.4. The molecule has 0 radical (unpaired) electrons. The molecule has 4 atom stereocenters. The Bertz CT molecular complexity index is 1500. The van der Waals surface area contributed by atoms with Crippen molar-refractivity contribution in [3.63, 3.8) is 0 Å². The minimum absolute atomic E-state index is 0.00924. The molecule has 0 fully saturated rings. The van der Waals surface area contributed by atoms with Gasteiger partial charge < -0.3 is 18.0 Å². The summed E-state index contributed by atoms with van der Waals surface area (Å²) in [6.45, 7) is 36.5. The van der Waals surface area contributed by atoms with Crippen molar-refractivity contribution in [2.45, 2.75) is 180 Å². The number of ketones is 1. The second-order valence-corrected chi connectivity index (χ2v) is 34.9. The SMILES string of the molecule is CC(C)(C)[Si](C)(C)O[C@H]1[C@@H]2C(=O)C(CCCCCCOCc3ccccc3)=C[C@H]1c1coc([Si](C)(C)C(C)(C)C)c1C[C@H]2O[Si](C)(C)C(C)(C)C. The van der Waals surface area contributed by atoms with E-state index >= 15 is 4.79 Å². The number of benzene rings is 1. The van der Waals surface area contributed by atoms with Crippen molar-refractivity contribution in [1.29, 1.82) is 0 Å². The number of fused-ring (bicyclic) bond motifs is 4. The summed E-state index contributed by atoms with van der Waals surface area (Å²) in [6.07, 6.45) is 9.51. The first kappa shape index (κ1) is 42.2. The Labute approximate surface area is 315 Å². The minimum atomic E-state index is -2.27. The Balaban J connectivity index is 1.69. The van der Waals surface area contributed by atoms with Gasteiger partial charge in [0.05, 0.1) is 36.4 Å². The lowest BCUT2D eigenvalue weighted by Gasteiger charge is -2.47. The average molecular weight is 753 g/mol. The number of rotatable bonds is 14. The number of ether oxygens (including phenoxy) is 1. The van der Waals surface area contributed by atoms with Crippen molar-refractivity contribution < 1.29 is 22.8 Å². The van der Waals surface area contributed by atoms with E-state index in [9.17, 15) is 0 Å². The quantitative estimate of drug-likeness (QED) is 0.142. The van der Waals surface area contributed by atoms with Crippen LogP contribution in [0, 0.1) is 5.92 Å². The zero-order valence-electron chi connectivity index (χ0n) is 35.0. The van der Waals surface area contributed by atoms with Gasteiger partial charge in [-0.05, 0) is 77.3 Å². The number of hydrogen-bond acceptors (Lipinski definition) is 5. The van der Waals surface area contributed by atoms with Crippen molar-refractivity contribution in [3.05, 3.63) is 64.9 Å². The van der Waals surface area contributed by atoms with E-state index in [2.05, 4.69) is 132 Å². The summed E-state index contributed by atoms with van der Waals surface area (Å²) >= 11 is 0. The van der Waals surface area contributed by atoms with Gasteiger partial charge in [0.1, 0.15) is 8.07 Å². The smallest absolute Gasteiger partial charge is 0.192 e. The van der Waals surface area contributed by atoms with Crippen LogP contribution in [-0.2, 0) is 31.4 Å². The Morgan fingerprint density at radius 1 is 0.765 bits per heavy atom. The topological polar surface area (TPSA) is 57.9 Å². The molecule has 1 aromatic heterocycles. The van der Waals surface area contributed by atoms with Gasteiger partial charge in [-0.3, -0.25) is 4.79 Å². The zero-order valence-corrected chi connectivity index (χ0v) is 38.0. The van der Waals surface area contributed by atoms with Crippen LogP contribution in [0.25, 0.3) is 0 Å². The number of furan rings is 1. The Morgan fingerprint density at radius 2 is 1.35 bits per heavy atom. The molecular weight excluding hydrogens is 681 g/mol. The van der Waals surface area contributed by atoms with Crippen LogP contribution in [-0.4, -0.2) is 49.3 Å². The Morgan fingerprint density at radius 3 is 1.94 bits per heavy atom. The van der Waals surface area contributed by atoms with Crippen molar-refractivity contribution >= 4 is 35.9 Å². The predicted molar refractivity (Wildman–Crippen MR) is 222 cm³/mol. The molecule has 0 spiro atoms. The van der Waals surface area contributed by atoms with E-state index in [1.54, 1.807) is 0 Å². The van der Waals surface area contributed by atoms with E-state index < -0.39 is 24.7 Å². The van der Waals surface area contributed by atoms with Crippen molar-refractivity contribution in [3.8, 4) is 0 Å². The lowest BCUT2D eigenvalue weighted by atomic mass is 9.75. The van der Waals surface area contributed by atoms with Gasteiger partial charge in [-0.25, -0.2) is 0 Å². The van der Waals surface area contributed by atoms with Gasteiger partial charge >= 0.3 is 0 Å². The van der Waals surface area contributed by atoms with E-state index in [0.717, 1.165) is 44.3 Å². The summed E-state index contributed by atoms with van der Waals surface area (Å²) in [7, 11) is -6.58. The molecule has 0 aliphatic heterocycles. The molecule has 2 aliphatic carbocycles. The summed E-state index contributed by atoms with van der Waals surface area (Å²) in [4.78, 5) is 15.0. The molecule has 0 amide bonds. The molecule has 51 heavy (non-hydrogen) atoms. The van der Waals surface area contributed by atoms with Gasteiger partial charge in [0.15, 0.2) is 22.4 Å². The summed E-state index contributed by atoms with van der Waals surface area (Å²) < 4.78 is 27.5. The lowest BCUT2D eigenvalue weighted by Crippen LogP contribution is -2.55. The molecule has 4 rings (SSSR count). The summed E-state index contributed by atoms with van der Waals surface area (Å²) in [5, 5.41) is 1.30. The van der Waals surface area contributed by atoms with Gasteiger partial charge in [-0.2, -0.15) is 0 Å². The average Bonchev–Trinajstić information content (AvgIpc) is 3.38. The van der Waals surface area contributed by atoms with Gasteiger partial charge in [0.2, 0.25) is 0 Å². The first-order valence-corrected chi connectivity index (χ1v) is 28.5. The predicted octanol–water partition coefficient (Wildman–Crippen LogP) is 11.7. The van der Waals surface area contributed by atoms with Gasteiger partial charge in [-0.1, -0.05) is 125 Å². The number of carbonyl (C=O) groups is 1. The first-order chi connectivity index (χ1) is 23.4. The second kappa shape index (κ2) is 15.7. The number of hydrogen-bond donors (Lipinski definition) is 0. The van der Waals surface area contributed by atoms with Crippen molar-refractivity contribution in [1.82, 2.24) is 0 Å². The molecule has 1 heterocycles. The molecule has 2 aromatic rings. The van der Waals surface area contributed by atoms with Gasteiger partial charge in [0.25, 0.3) is 0 Å². The maximum Gasteiger partial charge on any atom is 0.192 e. The molecule has 8 heteroatoms. The van der Waals surface area contributed by atoms with Gasteiger partial charge in [-0.15, -0.1) is 0 Å². The molecule has 0 N–H and O–H groups in total. The van der Waals surface area contributed by atoms with E-state index in [0.29, 0.717) is 13.0 Å². The van der Waals surface area contributed by atoms with Crippen molar-refractivity contribution in [2.75, 3.05) is 6.61 Å². The third-order valence-corrected chi connectivity index (χ3v) is 27.6. The third kappa shape index (κ3) is 9.40. The molecule has 0 unspecified atom stereocenters. The lowest BCUT2D eigenvalue weighted by molar-refractivity contribution is -0.128. The first-order valence-electron chi connectivity index (χ1n) is 19.7. The minimum Gasteiger partial charge on any atom is -0.474 e. The highest BCUT2D eigenvalue weighted by Crippen LogP contribution is 2.50. The molecule has 2 aliphatic rings. The molecule has 2 bridgehead atoms. The number of carbonyl (C=O) groups excluding carboxylic acids is 1. The van der Waals surface area contributed by atoms with Crippen LogP contribution < -0.4 is 5.38 Å². The molecule has 286 valence electrons.